The minimum atomic E-state index is 0.206. The van der Waals surface area contributed by atoms with E-state index >= 15 is 0 Å². The number of aromatic nitrogens is 1. The molecule has 18 heavy (non-hydrogen) atoms. The first-order valence-corrected chi connectivity index (χ1v) is 7.09. The monoisotopic (exact) mass is 243 g/mol. The molecule has 0 radical (unpaired) electrons. The molecule has 2 spiro atoms. The van der Waals surface area contributed by atoms with Crippen molar-refractivity contribution in [3.8, 4) is 0 Å². The summed E-state index contributed by atoms with van der Waals surface area (Å²) in [5, 5.41) is 0. The van der Waals surface area contributed by atoms with Gasteiger partial charge in [0.2, 0.25) is 0 Å². The highest BCUT2D eigenvalue weighted by atomic mass is 15.1. The number of piperidine rings is 1. The molecule has 2 fully saturated rings. The van der Waals surface area contributed by atoms with Crippen molar-refractivity contribution >= 4 is 0 Å². The number of rotatable bonds is 0. The second kappa shape index (κ2) is 3.34. The number of likely N-dealkylation sites (tertiary alicyclic amines) is 1. The maximum absolute atomic E-state index is 6.66. The first kappa shape index (κ1) is 10.9. The Morgan fingerprint density at radius 2 is 2.00 bits per heavy atom. The molecule has 2 heterocycles. The Bertz CT molecular complexity index is 484. The topological polar surface area (TPSA) is 42.1 Å². The van der Waals surface area contributed by atoms with Crippen molar-refractivity contribution in [2.75, 3.05) is 20.1 Å². The highest BCUT2D eigenvalue weighted by Gasteiger charge is 2.68. The summed E-state index contributed by atoms with van der Waals surface area (Å²) in [6, 6.07) is 4.46. The largest absolute Gasteiger partial charge is 0.323 e. The zero-order valence-corrected chi connectivity index (χ0v) is 11.0. The second-order valence-corrected chi connectivity index (χ2v) is 6.46. The fraction of sp³-hybridized carbons (Fsp3) is 0.667. The first-order chi connectivity index (χ1) is 8.70. The Kier molecular flexibility index (Phi) is 2.03. The minimum absolute atomic E-state index is 0.206. The molecule has 0 aromatic carbocycles. The molecular weight excluding hydrogens is 222 g/mol. The van der Waals surface area contributed by atoms with Gasteiger partial charge in [0.25, 0.3) is 0 Å². The van der Waals surface area contributed by atoms with Crippen molar-refractivity contribution in [3.05, 3.63) is 29.6 Å². The van der Waals surface area contributed by atoms with Gasteiger partial charge in [0.05, 0.1) is 5.69 Å². The summed E-state index contributed by atoms with van der Waals surface area (Å²) in [6.45, 7) is 2.37. The summed E-state index contributed by atoms with van der Waals surface area (Å²) >= 11 is 0. The van der Waals surface area contributed by atoms with E-state index in [1.807, 2.05) is 12.3 Å². The maximum atomic E-state index is 6.66. The van der Waals surface area contributed by atoms with Crippen LogP contribution in [0.4, 0.5) is 0 Å². The van der Waals surface area contributed by atoms with Crippen LogP contribution in [-0.4, -0.2) is 30.0 Å². The molecule has 96 valence electrons. The molecule has 1 unspecified atom stereocenters. The van der Waals surface area contributed by atoms with Crippen LogP contribution in [0.3, 0.4) is 0 Å². The molecule has 1 atom stereocenters. The van der Waals surface area contributed by atoms with Crippen molar-refractivity contribution in [2.24, 2.45) is 11.1 Å². The fourth-order valence-corrected chi connectivity index (χ4v) is 4.57. The lowest BCUT2D eigenvalue weighted by Crippen LogP contribution is -2.47. The van der Waals surface area contributed by atoms with Crippen molar-refractivity contribution in [2.45, 2.75) is 37.1 Å². The molecule has 1 aromatic heterocycles. The molecule has 1 saturated carbocycles. The van der Waals surface area contributed by atoms with E-state index in [4.69, 9.17) is 10.7 Å². The fourth-order valence-electron chi connectivity index (χ4n) is 4.57. The summed E-state index contributed by atoms with van der Waals surface area (Å²) in [7, 11) is 2.22. The lowest BCUT2D eigenvalue weighted by molar-refractivity contribution is 0.0674. The van der Waals surface area contributed by atoms with Crippen LogP contribution in [0.25, 0.3) is 0 Å². The predicted molar refractivity (Wildman–Crippen MR) is 71.2 cm³/mol. The molecule has 3 heteroatoms. The van der Waals surface area contributed by atoms with E-state index in [2.05, 4.69) is 18.0 Å². The summed E-state index contributed by atoms with van der Waals surface area (Å²) in [5.41, 5.74) is 9.97. The third-order valence-electron chi connectivity index (χ3n) is 5.80. The molecule has 4 rings (SSSR count). The van der Waals surface area contributed by atoms with E-state index in [0.717, 1.165) is 0 Å². The zero-order valence-electron chi connectivity index (χ0n) is 11.0. The van der Waals surface area contributed by atoms with Crippen LogP contribution < -0.4 is 5.73 Å². The van der Waals surface area contributed by atoms with Crippen LogP contribution in [0, 0.1) is 5.41 Å². The molecule has 2 aliphatic carbocycles. The number of hydrogen-bond donors (Lipinski definition) is 1. The molecule has 3 aliphatic rings. The maximum Gasteiger partial charge on any atom is 0.0519 e. The zero-order chi connectivity index (χ0) is 12.4. The van der Waals surface area contributed by atoms with Crippen molar-refractivity contribution in [1.29, 1.82) is 0 Å². The van der Waals surface area contributed by atoms with Gasteiger partial charge in [-0.05, 0) is 57.5 Å². The van der Waals surface area contributed by atoms with Crippen LogP contribution in [0.2, 0.25) is 0 Å². The quantitative estimate of drug-likeness (QED) is 0.756. The molecule has 0 amide bonds. The van der Waals surface area contributed by atoms with E-state index < -0.39 is 0 Å². The Hall–Kier alpha value is -0.930. The van der Waals surface area contributed by atoms with Gasteiger partial charge in [0.1, 0.15) is 0 Å². The first-order valence-electron chi connectivity index (χ1n) is 7.09. The van der Waals surface area contributed by atoms with Gasteiger partial charge < -0.3 is 10.6 Å². The summed E-state index contributed by atoms with van der Waals surface area (Å²) in [6.07, 6.45) is 7.02. The average Bonchev–Trinajstić information content (AvgIpc) is 3.18. The third-order valence-corrected chi connectivity index (χ3v) is 5.80. The van der Waals surface area contributed by atoms with Crippen LogP contribution in [0.15, 0.2) is 18.3 Å². The van der Waals surface area contributed by atoms with Crippen LogP contribution >= 0.6 is 0 Å². The normalized spacial score (nSPS) is 31.8. The highest BCUT2D eigenvalue weighted by Crippen LogP contribution is 2.71. The second-order valence-electron chi connectivity index (χ2n) is 6.46. The van der Waals surface area contributed by atoms with Gasteiger partial charge in [0.15, 0.2) is 0 Å². The summed E-state index contributed by atoms with van der Waals surface area (Å²) < 4.78 is 0. The van der Waals surface area contributed by atoms with Crippen molar-refractivity contribution in [1.82, 2.24) is 9.88 Å². The van der Waals surface area contributed by atoms with E-state index in [-0.39, 0.29) is 6.04 Å². The van der Waals surface area contributed by atoms with Gasteiger partial charge in [-0.3, -0.25) is 4.98 Å². The number of hydrogen-bond acceptors (Lipinski definition) is 3. The predicted octanol–water partition coefficient (Wildman–Crippen LogP) is 1.84. The van der Waals surface area contributed by atoms with Crippen molar-refractivity contribution in [3.63, 3.8) is 0 Å². The molecular formula is C15H21N3. The van der Waals surface area contributed by atoms with Crippen LogP contribution in [0.5, 0.6) is 0 Å². The SMILES string of the molecule is CN1CCC2(CC1)C(N)c1cccnc1C21CC1. The highest BCUT2D eigenvalue weighted by molar-refractivity contribution is 5.46. The minimum Gasteiger partial charge on any atom is -0.323 e. The number of pyridine rings is 1. The lowest BCUT2D eigenvalue weighted by Gasteiger charge is -2.45. The average molecular weight is 243 g/mol. The Labute approximate surface area is 108 Å². The van der Waals surface area contributed by atoms with E-state index in [9.17, 15) is 0 Å². The smallest absolute Gasteiger partial charge is 0.0519 e. The van der Waals surface area contributed by atoms with Gasteiger partial charge >= 0.3 is 0 Å². The number of nitrogens with zero attached hydrogens (tertiary/aromatic N) is 2. The molecule has 1 aliphatic heterocycles. The number of fused-ring (bicyclic) bond motifs is 3. The summed E-state index contributed by atoms with van der Waals surface area (Å²) in [5.74, 6) is 0. The van der Waals surface area contributed by atoms with E-state index in [0.29, 0.717) is 10.8 Å². The molecule has 2 N–H and O–H groups in total. The van der Waals surface area contributed by atoms with E-state index in [1.165, 1.54) is 50.0 Å². The van der Waals surface area contributed by atoms with Gasteiger partial charge in [-0.2, -0.15) is 0 Å². The lowest BCUT2D eigenvalue weighted by atomic mass is 9.65. The van der Waals surface area contributed by atoms with Crippen molar-refractivity contribution < 1.29 is 0 Å². The van der Waals surface area contributed by atoms with Gasteiger partial charge in [-0.15, -0.1) is 0 Å². The molecule has 1 saturated heterocycles. The van der Waals surface area contributed by atoms with Gasteiger partial charge in [-0.25, -0.2) is 0 Å². The van der Waals surface area contributed by atoms with E-state index in [1.54, 1.807) is 0 Å². The third kappa shape index (κ3) is 1.10. The standard InChI is InChI=1S/C15H21N3/c1-18-9-6-14(7-10-18)12(16)11-3-2-8-17-13(11)15(14)4-5-15/h2-3,8,12H,4-7,9-10,16H2,1H3. The number of nitrogens with two attached hydrogens (primary N) is 1. The molecule has 0 bridgehead atoms. The molecule has 3 nitrogen and oxygen atoms in total. The Morgan fingerprint density at radius 1 is 1.28 bits per heavy atom. The Morgan fingerprint density at radius 3 is 2.67 bits per heavy atom. The summed E-state index contributed by atoms with van der Waals surface area (Å²) in [4.78, 5) is 7.13. The van der Waals surface area contributed by atoms with Gasteiger partial charge in [-0.1, -0.05) is 6.07 Å². The Balaban J connectivity index is 1.83. The molecule has 1 aromatic rings. The van der Waals surface area contributed by atoms with Crippen LogP contribution in [-0.2, 0) is 5.41 Å². The van der Waals surface area contributed by atoms with Gasteiger partial charge in [0, 0.05) is 23.1 Å². The van der Waals surface area contributed by atoms with Crippen LogP contribution in [0.1, 0.15) is 43.0 Å².